The van der Waals surface area contributed by atoms with Crippen molar-refractivity contribution in [1.82, 2.24) is 9.78 Å². The van der Waals surface area contributed by atoms with Gasteiger partial charge in [0.1, 0.15) is 5.56 Å². The Morgan fingerprint density at radius 3 is 2.50 bits per heavy atom. The molecule has 1 aromatic carbocycles. The Labute approximate surface area is 105 Å². The van der Waals surface area contributed by atoms with Crippen LogP contribution >= 0.6 is 0 Å². The van der Waals surface area contributed by atoms with Gasteiger partial charge in [0.15, 0.2) is 5.78 Å². The van der Waals surface area contributed by atoms with E-state index in [0.29, 0.717) is 17.0 Å². The van der Waals surface area contributed by atoms with E-state index >= 15 is 0 Å². The summed E-state index contributed by atoms with van der Waals surface area (Å²) in [6.45, 7) is 6.90. The molecule has 0 amide bonds. The molecule has 2 aromatic rings. The van der Waals surface area contributed by atoms with Gasteiger partial charge in [-0.25, -0.2) is 4.68 Å². The average Bonchev–Trinajstić information content (AvgIpc) is 2.65. The number of para-hydroxylation sites is 1. The maximum absolute atomic E-state index is 11.9. The number of aromatic hydroxyl groups is 1. The molecule has 0 fully saturated rings. The zero-order valence-corrected chi connectivity index (χ0v) is 10.3. The molecule has 0 saturated carbocycles. The van der Waals surface area contributed by atoms with E-state index in [9.17, 15) is 9.90 Å². The van der Waals surface area contributed by atoms with Crippen LogP contribution < -0.4 is 0 Å². The molecule has 1 N–H and O–H groups in total. The van der Waals surface area contributed by atoms with Gasteiger partial charge in [0.05, 0.1) is 11.4 Å². The van der Waals surface area contributed by atoms with Crippen LogP contribution in [0, 0.1) is 6.92 Å². The highest BCUT2D eigenvalue weighted by Crippen LogP contribution is 2.26. The SMILES string of the molecule is C=C(C)C(=O)c1c(C)nn(-c2ccccc2)c1O. The zero-order valence-electron chi connectivity index (χ0n) is 10.3. The lowest BCUT2D eigenvalue weighted by Crippen LogP contribution is -2.01. The fraction of sp³-hybridized carbons (Fsp3) is 0.143. The van der Waals surface area contributed by atoms with E-state index in [2.05, 4.69) is 11.7 Å². The lowest BCUT2D eigenvalue weighted by atomic mass is 10.1. The third kappa shape index (κ3) is 1.93. The van der Waals surface area contributed by atoms with Gasteiger partial charge in [-0.3, -0.25) is 4.79 Å². The molecular formula is C14H14N2O2. The van der Waals surface area contributed by atoms with Crippen molar-refractivity contribution in [3.05, 3.63) is 53.7 Å². The Morgan fingerprint density at radius 2 is 1.94 bits per heavy atom. The lowest BCUT2D eigenvalue weighted by molar-refractivity contribution is 0.103. The first-order valence-electron chi connectivity index (χ1n) is 5.56. The summed E-state index contributed by atoms with van der Waals surface area (Å²) in [4.78, 5) is 11.9. The third-order valence-corrected chi connectivity index (χ3v) is 2.65. The van der Waals surface area contributed by atoms with Crippen LogP contribution in [-0.4, -0.2) is 20.7 Å². The minimum atomic E-state index is -0.285. The van der Waals surface area contributed by atoms with Gasteiger partial charge in [0, 0.05) is 0 Å². The smallest absolute Gasteiger partial charge is 0.225 e. The summed E-state index contributed by atoms with van der Waals surface area (Å²) in [5, 5.41) is 14.3. The van der Waals surface area contributed by atoms with Crippen molar-refractivity contribution < 1.29 is 9.90 Å². The first kappa shape index (κ1) is 12.1. The van der Waals surface area contributed by atoms with Gasteiger partial charge >= 0.3 is 0 Å². The van der Waals surface area contributed by atoms with Gasteiger partial charge in [-0.15, -0.1) is 0 Å². The number of rotatable bonds is 3. The molecule has 1 aromatic heterocycles. The Hall–Kier alpha value is -2.36. The van der Waals surface area contributed by atoms with Crippen molar-refractivity contribution in [2.24, 2.45) is 0 Å². The molecule has 92 valence electrons. The summed E-state index contributed by atoms with van der Waals surface area (Å²) >= 11 is 0. The predicted octanol–water partition coefficient (Wildman–Crippen LogP) is 2.65. The van der Waals surface area contributed by atoms with Crippen LogP contribution in [0.2, 0.25) is 0 Å². The molecule has 0 saturated heterocycles. The molecule has 0 spiro atoms. The van der Waals surface area contributed by atoms with Gasteiger partial charge in [-0.1, -0.05) is 24.8 Å². The highest BCUT2D eigenvalue weighted by atomic mass is 16.3. The number of hydrogen-bond acceptors (Lipinski definition) is 3. The van der Waals surface area contributed by atoms with Crippen molar-refractivity contribution in [2.45, 2.75) is 13.8 Å². The summed E-state index contributed by atoms with van der Waals surface area (Å²) in [6, 6.07) is 9.16. The molecule has 0 radical (unpaired) electrons. The minimum Gasteiger partial charge on any atom is -0.493 e. The molecule has 4 heteroatoms. The summed E-state index contributed by atoms with van der Waals surface area (Å²) in [6.07, 6.45) is 0. The van der Waals surface area contributed by atoms with E-state index < -0.39 is 0 Å². The molecule has 0 atom stereocenters. The molecule has 2 rings (SSSR count). The maximum Gasteiger partial charge on any atom is 0.225 e. The van der Waals surface area contributed by atoms with Crippen molar-refractivity contribution in [2.75, 3.05) is 0 Å². The number of hydrogen-bond donors (Lipinski definition) is 1. The maximum atomic E-state index is 11.9. The Morgan fingerprint density at radius 1 is 1.33 bits per heavy atom. The van der Waals surface area contributed by atoms with Crippen LogP contribution in [-0.2, 0) is 0 Å². The van der Waals surface area contributed by atoms with Crippen LogP contribution in [0.5, 0.6) is 5.88 Å². The highest BCUT2D eigenvalue weighted by molar-refractivity contribution is 6.10. The second-order valence-electron chi connectivity index (χ2n) is 4.14. The van der Waals surface area contributed by atoms with Crippen molar-refractivity contribution in [3.8, 4) is 11.6 Å². The molecular weight excluding hydrogens is 228 g/mol. The average molecular weight is 242 g/mol. The predicted molar refractivity (Wildman–Crippen MR) is 69.1 cm³/mol. The number of allylic oxidation sites excluding steroid dienone is 1. The molecule has 0 aliphatic rings. The van der Waals surface area contributed by atoms with Gasteiger partial charge in [-0.05, 0) is 31.6 Å². The van der Waals surface area contributed by atoms with Crippen molar-refractivity contribution >= 4 is 5.78 Å². The Balaban J connectivity index is 2.58. The third-order valence-electron chi connectivity index (χ3n) is 2.65. The van der Waals surface area contributed by atoms with Crippen molar-refractivity contribution in [3.63, 3.8) is 0 Å². The Kier molecular flexibility index (Phi) is 3.02. The fourth-order valence-electron chi connectivity index (χ4n) is 1.74. The van der Waals surface area contributed by atoms with E-state index in [1.54, 1.807) is 26.0 Å². The molecule has 0 aliphatic heterocycles. The van der Waals surface area contributed by atoms with Crippen molar-refractivity contribution in [1.29, 1.82) is 0 Å². The van der Waals surface area contributed by atoms with Crippen LogP contribution in [0.1, 0.15) is 23.0 Å². The number of carbonyl (C=O) groups is 1. The fourth-order valence-corrected chi connectivity index (χ4v) is 1.74. The number of carbonyl (C=O) groups excluding carboxylic acids is 1. The summed E-state index contributed by atoms with van der Waals surface area (Å²) in [5.41, 5.74) is 1.79. The molecule has 0 bridgehead atoms. The van der Waals surface area contributed by atoms with E-state index in [1.807, 2.05) is 18.2 Å². The summed E-state index contributed by atoms with van der Waals surface area (Å²) in [7, 11) is 0. The molecule has 4 nitrogen and oxygen atoms in total. The number of nitrogens with zero attached hydrogens (tertiary/aromatic N) is 2. The van der Waals surface area contributed by atoms with Gasteiger partial charge < -0.3 is 5.11 Å². The highest BCUT2D eigenvalue weighted by Gasteiger charge is 2.21. The second kappa shape index (κ2) is 4.49. The molecule has 0 aliphatic carbocycles. The van der Waals surface area contributed by atoms with Gasteiger partial charge in [-0.2, -0.15) is 5.10 Å². The molecule has 18 heavy (non-hydrogen) atoms. The normalized spacial score (nSPS) is 10.3. The minimum absolute atomic E-state index is 0.147. The van der Waals surface area contributed by atoms with Crippen LogP contribution in [0.15, 0.2) is 42.5 Å². The number of ketones is 1. The van der Waals surface area contributed by atoms with Crippen LogP contribution in [0.25, 0.3) is 5.69 Å². The van der Waals surface area contributed by atoms with Gasteiger partial charge in [0.25, 0.3) is 0 Å². The number of aryl methyl sites for hydroxylation is 1. The van der Waals surface area contributed by atoms with E-state index in [4.69, 9.17) is 0 Å². The quantitative estimate of drug-likeness (QED) is 0.665. The standard InChI is InChI=1S/C14H14N2O2/c1-9(2)13(17)12-10(3)15-16(14(12)18)11-7-5-4-6-8-11/h4-8,18H,1H2,2-3H3. The monoisotopic (exact) mass is 242 g/mol. The lowest BCUT2D eigenvalue weighted by Gasteiger charge is -2.03. The first-order valence-corrected chi connectivity index (χ1v) is 5.56. The first-order chi connectivity index (χ1) is 8.52. The summed E-state index contributed by atoms with van der Waals surface area (Å²) < 4.78 is 1.35. The molecule has 1 heterocycles. The number of benzene rings is 1. The van der Waals surface area contributed by atoms with E-state index in [-0.39, 0.29) is 17.2 Å². The Bertz CT molecular complexity index is 612. The van der Waals surface area contributed by atoms with Gasteiger partial charge in [0.2, 0.25) is 5.88 Å². The topological polar surface area (TPSA) is 55.1 Å². The number of aromatic nitrogens is 2. The largest absolute Gasteiger partial charge is 0.493 e. The number of Topliss-reactive ketones (excluding diaryl/α,β-unsaturated/α-hetero) is 1. The summed E-state index contributed by atoms with van der Waals surface area (Å²) in [5.74, 6) is -0.432. The van der Waals surface area contributed by atoms with Crippen LogP contribution in [0.4, 0.5) is 0 Å². The van der Waals surface area contributed by atoms with Crippen LogP contribution in [0.3, 0.4) is 0 Å². The van der Waals surface area contributed by atoms with E-state index in [0.717, 1.165) is 0 Å². The second-order valence-corrected chi connectivity index (χ2v) is 4.14. The zero-order chi connectivity index (χ0) is 13.3. The van der Waals surface area contributed by atoms with E-state index in [1.165, 1.54) is 4.68 Å². The molecule has 0 unspecified atom stereocenters.